The predicted octanol–water partition coefficient (Wildman–Crippen LogP) is 4.82. The van der Waals surface area contributed by atoms with Gasteiger partial charge in [0, 0.05) is 42.4 Å². The van der Waals surface area contributed by atoms with Gasteiger partial charge in [-0.1, -0.05) is 25.0 Å². The molecular weight excluding hydrogens is 371 g/mol. The van der Waals surface area contributed by atoms with E-state index in [-0.39, 0.29) is 5.82 Å². The largest absolute Gasteiger partial charge is 0.367 e. The third-order valence-electron chi connectivity index (χ3n) is 6.41. The van der Waals surface area contributed by atoms with Gasteiger partial charge in [0.1, 0.15) is 23.0 Å². The van der Waals surface area contributed by atoms with Crippen molar-refractivity contribution in [2.24, 2.45) is 0 Å². The molecule has 2 aliphatic heterocycles. The Bertz CT molecular complexity index is 837. The van der Waals surface area contributed by atoms with E-state index in [2.05, 4.69) is 20.2 Å². The van der Waals surface area contributed by atoms with Gasteiger partial charge >= 0.3 is 0 Å². The van der Waals surface area contributed by atoms with Crippen molar-refractivity contribution in [2.75, 3.05) is 18.4 Å². The predicted molar refractivity (Wildman–Crippen MR) is 111 cm³/mol. The molecule has 148 valence electrons. The number of halogens is 1. The number of nitrogens with zero attached hydrogens (tertiary/aromatic N) is 3. The smallest absolute Gasteiger partial charge is 0.134 e. The zero-order valence-corrected chi connectivity index (χ0v) is 16.9. The number of hydrogen-bond acceptors (Lipinski definition) is 5. The quantitative estimate of drug-likeness (QED) is 0.748. The van der Waals surface area contributed by atoms with Crippen LogP contribution in [0.25, 0.3) is 0 Å². The van der Waals surface area contributed by atoms with E-state index in [0.29, 0.717) is 17.2 Å². The Morgan fingerprint density at radius 1 is 1.11 bits per heavy atom. The summed E-state index contributed by atoms with van der Waals surface area (Å²) in [5, 5.41) is 5.67. The molecule has 2 aromatic rings. The molecule has 0 radical (unpaired) electrons. The minimum atomic E-state index is -0.148. The number of benzene rings is 1. The van der Waals surface area contributed by atoms with Crippen molar-refractivity contribution in [3.63, 3.8) is 0 Å². The maximum Gasteiger partial charge on any atom is 0.134 e. The number of piperidine rings is 1. The highest BCUT2D eigenvalue weighted by atomic mass is 32.2. The van der Waals surface area contributed by atoms with Crippen LogP contribution in [-0.2, 0) is 6.54 Å². The Hall–Kier alpha value is -1.66. The molecule has 1 aromatic heterocycles. The first-order valence-electron chi connectivity index (χ1n) is 10.5. The van der Waals surface area contributed by atoms with Crippen LogP contribution >= 0.6 is 11.8 Å². The Morgan fingerprint density at radius 3 is 2.82 bits per heavy atom. The summed E-state index contributed by atoms with van der Waals surface area (Å²) in [7, 11) is 0. The lowest BCUT2D eigenvalue weighted by Crippen LogP contribution is -2.39. The van der Waals surface area contributed by atoms with Crippen molar-refractivity contribution in [3.8, 4) is 0 Å². The van der Waals surface area contributed by atoms with Crippen molar-refractivity contribution >= 4 is 17.6 Å². The highest BCUT2D eigenvalue weighted by molar-refractivity contribution is 8.00. The number of anilines is 1. The van der Waals surface area contributed by atoms with Crippen LogP contribution in [0.1, 0.15) is 55.6 Å². The summed E-state index contributed by atoms with van der Waals surface area (Å²) >= 11 is 1.97. The summed E-state index contributed by atoms with van der Waals surface area (Å²) in [6, 6.07) is 7.42. The molecule has 1 aromatic carbocycles. The molecule has 6 heteroatoms. The first kappa shape index (κ1) is 18.4. The summed E-state index contributed by atoms with van der Waals surface area (Å²) in [6.07, 6.45) is 9.17. The third kappa shape index (κ3) is 3.77. The van der Waals surface area contributed by atoms with Crippen LogP contribution in [0.3, 0.4) is 0 Å². The summed E-state index contributed by atoms with van der Waals surface area (Å²) in [4.78, 5) is 11.6. The topological polar surface area (TPSA) is 41.0 Å². The SMILES string of the molecule is Fc1cccc(CN2CCC(Nc3ncnc4c3C3CCCCC3S4)CC2)c1. The van der Waals surface area contributed by atoms with Gasteiger partial charge in [0.05, 0.1) is 0 Å². The molecule has 2 atom stereocenters. The molecule has 28 heavy (non-hydrogen) atoms. The average Bonchev–Trinajstić information content (AvgIpc) is 3.09. The number of aromatic nitrogens is 2. The van der Waals surface area contributed by atoms with Gasteiger partial charge in [0.2, 0.25) is 0 Å². The minimum Gasteiger partial charge on any atom is -0.367 e. The number of rotatable bonds is 4. The molecular formula is C22H27FN4S. The van der Waals surface area contributed by atoms with Crippen LogP contribution in [0.15, 0.2) is 35.6 Å². The second kappa shape index (κ2) is 7.99. The van der Waals surface area contributed by atoms with E-state index in [1.165, 1.54) is 42.3 Å². The summed E-state index contributed by atoms with van der Waals surface area (Å²) < 4.78 is 13.4. The Labute approximate surface area is 170 Å². The van der Waals surface area contributed by atoms with Gasteiger partial charge in [0.15, 0.2) is 0 Å². The van der Waals surface area contributed by atoms with Crippen molar-refractivity contribution in [2.45, 2.75) is 67.3 Å². The normalized spacial score (nSPS) is 25.3. The van der Waals surface area contributed by atoms with E-state index >= 15 is 0 Å². The Morgan fingerprint density at radius 2 is 1.96 bits per heavy atom. The number of likely N-dealkylation sites (tertiary alicyclic amines) is 1. The zero-order valence-electron chi connectivity index (χ0n) is 16.1. The van der Waals surface area contributed by atoms with Crippen molar-refractivity contribution in [1.29, 1.82) is 0 Å². The fraction of sp³-hybridized carbons (Fsp3) is 0.545. The number of nitrogens with one attached hydrogen (secondary N) is 1. The molecule has 3 heterocycles. The first-order valence-corrected chi connectivity index (χ1v) is 11.4. The molecule has 0 bridgehead atoms. The molecule has 0 amide bonds. The minimum absolute atomic E-state index is 0.148. The second-order valence-electron chi connectivity index (χ2n) is 8.31. The summed E-state index contributed by atoms with van der Waals surface area (Å²) in [6.45, 7) is 2.89. The molecule has 2 unspecified atom stereocenters. The number of hydrogen-bond donors (Lipinski definition) is 1. The van der Waals surface area contributed by atoms with Gasteiger partial charge in [-0.05, 0) is 43.4 Å². The van der Waals surface area contributed by atoms with Gasteiger partial charge in [-0.25, -0.2) is 14.4 Å². The van der Waals surface area contributed by atoms with Gasteiger partial charge < -0.3 is 5.32 Å². The monoisotopic (exact) mass is 398 g/mol. The fourth-order valence-electron chi connectivity index (χ4n) is 4.96. The molecule has 1 saturated heterocycles. The highest BCUT2D eigenvalue weighted by Crippen LogP contribution is 2.52. The van der Waals surface area contributed by atoms with Crippen LogP contribution in [0, 0.1) is 5.82 Å². The zero-order chi connectivity index (χ0) is 18.9. The van der Waals surface area contributed by atoms with E-state index in [1.54, 1.807) is 18.5 Å². The van der Waals surface area contributed by atoms with Crippen LogP contribution in [0.4, 0.5) is 10.2 Å². The lowest BCUT2D eigenvalue weighted by molar-refractivity contribution is 0.211. The van der Waals surface area contributed by atoms with Crippen LogP contribution in [0.5, 0.6) is 0 Å². The van der Waals surface area contributed by atoms with Gasteiger partial charge in [-0.3, -0.25) is 4.90 Å². The van der Waals surface area contributed by atoms with Crippen LogP contribution in [0.2, 0.25) is 0 Å². The molecule has 2 fully saturated rings. The van der Waals surface area contributed by atoms with Crippen molar-refractivity contribution < 1.29 is 4.39 Å². The van der Waals surface area contributed by atoms with E-state index in [4.69, 9.17) is 0 Å². The molecule has 3 aliphatic rings. The summed E-state index contributed by atoms with van der Waals surface area (Å²) in [5.41, 5.74) is 2.44. The molecule has 5 rings (SSSR count). The van der Waals surface area contributed by atoms with Gasteiger partial charge in [-0.15, -0.1) is 11.8 Å². The molecule has 1 N–H and O–H groups in total. The lowest BCUT2D eigenvalue weighted by Gasteiger charge is -2.33. The standard InChI is InChI=1S/C22H27FN4S/c23-16-5-3-4-15(12-16)13-27-10-8-17(9-11-27)26-21-20-18-6-1-2-7-19(18)28-22(20)25-14-24-21/h3-5,12,14,17-19H,1-2,6-11,13H2,(H,24,25,26). The van der Waals surface area contributed by atoms with Gasteiger partial charge in [-0.2, -0.15) is 0 Å². The molecule has 0 spiro atoms. The number of fused-ring (bicyclic) bond motifs is 3. The third-order valence-corrected chi connectivity index (χ3v) is 7.82. The number of thioether (sulfide) groups is 1. The first-order chi connectivity index (χ1) is 13.8. The molecule has 4 nitrogen and oxygen atoms in total. The van der Waals surface area contributed by atoms with Crippen molar-refractivity contribution in [3.05, 3.63) is 47.5 Å². The van der Waals surface area contributed by atoms with E-state index in [0.717, 1.165) is 43.9 Å². The average molecular weight is 399 g/mol. The lowest BCUT2D eigenvalue weighted by atomic mass is 9.84. The van der Waals surface area contributed by atoms with Crippen LogP contribution in [-0.4, -0.2) is 39.2 Å². The molecule has 1 aliphatic carbocycles. The van der Waals surface area contributed by atoms with Crippen molar-refractivity contribution in [1.82, 2.24) is 14.9 Å². The van der Waals surface area contributed by atoms with E-state index < -0.39 is 0 Å². The Balaban J connectivity index is 1.22. The Kier molecular flexibility index (Phi) is 5.24. The van der Waals surface area contributed by atoms with Crippen LogP contribution < -0.4 is 5.32 Å². The fourth-order valence-corrected chi connectivity index (χ4v) is 6.45. The van der Waals surface area contributed by atoms with Gasteiger partial charge in [0.25, 0.3) is 0 Å². The second-order valence-corrected chi connectivity index (χ2v) is 9.54. The maximum atomic E-state index is 13.4. The van der Waals surface area contributed by atoms with E-state index in [1.807, 2.05) is 17.8 Å². The maximum absolute atomic E-state index is 13.4. The van der Waals surface area contributed by atoms with E-state index in [9.17, 15) is 4.39 Å². The molecule has 1 saturated carbocycles. The summed E-state index contributed by atoms with van der Waals surface area (Å²) in [5.74, 6) is 1.56. The highest BCUT2D eigenvalue weighted by Gasteiger charge is 2.38.